The predicted octanol–water partition coefficient (Wildman–Crippen LogP) is 5.84. The summed E-state index contributed by atoms with van der Waals surface area (Å²) in [6, 6.07) is 14.5. The van der Waals surface area contributed by atoms with Gasteiger partial charge in [-0.2, -0.15) is 4.98 Å². The van der Waals surface area contributed by atoms with E-state index in [1.807, 2.05) is 18.2 Å². The zero-order valence-corrected chi connectivity index (χ0v) is 18.3. The summed E-state index contributed by atoms with van der Waals surface area (Å²) in [7, 11) is 0. The summed E-state index contributed by atoms with van der Waals surface area (Å²) < 4.78 is 7.70. The molecular formula is C19H11BrIN5O3. The van der Waals surface area contributed by atoms with Gasteiger partial charge in [0.1, 0.15) is 11.8 Å². The molecule has 144 valence electrons. The van der Waals surface area contributed by atoms with Gasteiger partial charge in [0.25, 0.3) is 0 Å². The van der Waals surface area contributed by atoms with Gasteiger partial charge in [-0.3, -0.25) is 15.1 Å². The number of aromatic nitrogens is 3. The Morgan fingerprint density at radius 3 is 2.62 bits per heavy atom. The maximum atomic E-state index is 11.8. The molecule has 0 unspecified atom stereocenters. The van der Waals surface area contributed by atoms with Gasteiger partial charge in [0.15, 0.2) is 5.75 Å². The highest BCUT2D eigenvalue weighted by molar-refractivity contribution is 14.1. The first-order valence-electron chi connectivity index (χ1n) is 8.26. The number of ether oxygens (including phenoxy) is 1. The van der Waals surface area contributed by atoms with Crippen LogP contribution in [0, 0.1) is 13.7 Å². The zero-order chi connectivity index (χ0) is 20.4. The van der Waals surface area contributed by atoms with E-state index in [1.54, 1.807) is 36.5 Å². The van der Waals surface area contributed by atoms with Crippen molar-refractivity contribution in [3.8, 4) is 11.6 Å². The number of rotatable bonds is 5. The van der Waals surface area contributed by atoms with E-state index in [2.05, 4.69) is 58.8 Å². The van der Waals surface area contributed by atoms with Crippen molar-refractivity contribution < 1.29 is 9.66 Å². The fourth-order valence-electron chi connectivity index (χ4n) is 2.66. The number of pyridine rings is 1. The molecule has 0 saturated heterocycles. The van der Waals surface area contributed by atoms with Gasteiger partial charge in [-0.1, -0.05) is 22.0 Å². The van der Waals surface area contributed by atoms with E-state index in [0.717, 1.165) is 13.4 Å². The Balaban J connectivity index is 1.76. The molecule has 29 heavy (non-hydrogen) atoms. The Hall–Kier alpha value is -2.86. The number of nitro groups is 1. The van der Waals surface area contributed by atoms with Gasteiger partial charge in [-0.05, 0) is 65.1 Å². The second-order valence-electron chi connectivity index (χ2n) is 5.81. The number of hydrogen-bond acceptors (Lipinski definition) is 7. The normalized spacial score (nSPS) is 10.7. The number of halogens is 2. The van der Waals surface area contributed by atoms with Crippen LogP contribution in [-0.2, 0) is 0 Å². The molecule has 4 aromatic rings. The number of fused-ring (bicyclic) bond motifs is 1. The summed E-state index contributed by atoms with van der Waals surface area (Å²) in [6.45, 7) is 0. The number of anilines is 2. The molecule has 0 fully saturated rings. The molecule has 0 saturated carbocycles. The first-order valence-corrected chi connectivity index (χ1v) is 10.1. The van der Waals surface area contributed by atoms with E-state index < -0.39 is 4.92 Å². The van der Waals surface area contributed by atoms with Crippen LogP contribution in [0.1, 0.15) is 0 Å². The number of nitrogens with zero attached hydrogens (tertiary/aromatic N) is 4. The van der Waals surface area contributed by atoms with E-state index in [4.69, 9.17) is 4.74 Å². The Labute approximate surface area is 186 Å². The maximum Gasteiger partial charge on any atom is 0.373 e. The van der Waals surface area contributed by atoms with Gasteiger partial charge >= 0.3 is 11.6 Å². The van der Waals surface area contributed by atoms with Gasteiger partial charge in [0, 0.05) is 25.3 Å². The molecule has 1 N–H and O–H groups in total. The minimum atomic E-state index is -0.571. The van der Waals surface area contributed by atoms with Crippen LogP contribution in [0.3, 0.4) is 0 Å². The topological polar surface area (TPSA) is 103 Å². The highest BCUT2D eigenvalue weighted by atomic mass is 127. The lowest BCUT2D eigenvalue weighted by molar-refractivity contribution is -0.385. The zero-order valence-electron chi connectivity index (χ0n) is 14.5. The molecule has 2 aromatic carbocycles. The van der Waals surface area contributed by atoms with Crippen LogP contribution < -0.4 is 10.1 Å². The molecule has 0 amide bonds. The highest BCUT2D eigenvalue weighted by Crippen LogP contribution is 2.38. The lowest BCUT2D eigenvalue weighted by Crippen LogP contribution is -2.04. The Morgan fingerprint density at radius 1 is 1.07 bits per heavy atom. The summed E-state index contributed by atoms with van der Waals surface area (Å²) in [5, 5.41) is 15.5. The third kappa shape index (κ3) is 4.12. The van der Waals surface area contributed by atoms with Crippen molar-refractivity contribution in [3.63, 3.8) is 0 Å². The average molecular weight is 564 g/mol. The molecule has 4 rings (SSSR count). The van der Waals surface area contributed by atoms with Crippen LogP contribution in [0.4, 0.5) is 17.2 Å². The van der Waals surface area contributed by atoms with Crippen LogP contribution >= 0.6 is 38.5 Å². The smallest absolute Gasteiger partial charge is 0.373 e. The summed E-state index contributed by atoms with van der Waals surface area (Å²) in [5.41, 5.74) is 0.855. The minimum absolute atomic E-state index is 0.0376. The van der Waals surface area contributed by atoms with Crippen LogP contribution in [0.2, 0.25) is 0 Å². The summed E-state index contributed by atoms with van der Waals surface area (Å²) in [5.74, 6) is 0.216. The third-order valence-electron chi connectivity index (χ3n) is 3.96. The summed E-state index contributed by atoms with van der Waals surface area (Å²) in [6.07, 6.45) is 2.84. The fourth-order valence-corrected chi connectivity index (χ4v) is 3.47. The molecule has 10 heteroatoms. The van der Waals surface area contributed by atoms with Crippen molar-refractivity contribution in [2.24, 2.45) is 0 Å². The second kappa shape index (κ2) is 8.25. The largest absolute Gasteiger partial charge is 0.431 e. The first-order chi connectivity index (χ1) is 14.0. The van der Waals surface area contributed by atoms with Gasteiger partial charge in [0.2, 0.25) is 5.82 Å². The van der Waals surface area contributed by atoms with Crippen LogP contribution in [0.25, 0.3) is 10.9 Å². The molecular weight excluding hydrogens is 553 g/mol. The Bertz CT molecular complexity index is 1220. The third-order valence-corrected chi connectivity index (χ3v) is 5.37. The van der Waals surface area contributed by atoms with Crippen molar-refractivity contribution >= 4 is 66.6 Å². The number of hydrogen-bond donors (Lipinski definition) is 1. The molecule has 0 spiro atoms. The van der Waals surface area contributed by atoms with Crippen molar-refractivity contribution in [1.82, 2.24) is 15.0 Å². The van der Waals surface area contributed by atoms with Gasteiger partial charge in [-0.15, -0.1) is 0 Å². The number of nitrogens with one attached hydrogen (secondary N) is 1. The Morgan fingerprint density at radius 2 is 1.86 bits per heavy atom. The van der Waals surface area contributed by atoms with Crippen molar-refractivity contribution in [1.29, 1.82) is 0 Å². The van der Waals surface area contributed by atoms with Crippen LogP contribution in [0.5, 0.6) is 11.6 Å². The van der Waals surface area contributed by atoms with E-state index in [1.165, 1.54) is 6.33 Å². The molecule has 0 aliphatic carbocycles. The first kappa shape index (κ1) is 19.5. The van der Waals surface area contributed by atoms with Crippen molar-refractivity contribution in [3.05, 3.63) is 79.2 Å². The van der Waals surface area contributed by atoms with Crippen molar-refractivity contribution in [2.75, 3.05) is 5.32 Å². The molecule has 2 aromatic heterocycles. The van der Waals surface area contributed by atoms with Crippen LogP contribution in [0.15, 0.2) is 65.5 Å². The van der Waals surface area contributed by atoms with Crippen molar-refractivity contribution in [2.45, 2.75) is 0 Å². The molecule has 0 radical (unpaired) electrons. The SMILES string of the molecule is O=[N+]([O-])c1c(Nc2ccc(I)cc2)ncnc1Oc1ccc(Br)c2cccnc12. The van der Waals surface area contributed by atoms with E-state index >= 15 is 0 Å². The second-order valence-corrected chi connectivity index (χ2v) is 7.91. The van der Waals surface area contributed by atoms with E-state index in [9.17, 15) is 10.1 Å². The van der Waals surface area contributed by atoms with Crippen LogP contribution in [-0.4, -0.2) is 19.9 Å². The number of benzene rings is 2. The highest BCUT2D eigenvalue weighted by Gasteiger charge is 2.26. The van der Waals surface area contributed by atoms with Gasteiger partial charge in [-0.25, -0.2) is 4.98 Å². The predicted molar refractivity (Wildman–Crippen MR) is 121 cm³/mol. The monoisotopic (exact) mass is 563 g/mol. The van der Waals surface area contributed by atoms with Gasteiger partial charge in [0.05, 0.1) is 4.92 Å². The van der Waals surface area contributed by atoms with E-state index in [-0.39, 0.29) is 17.4 Å². The minimum Gasteiger partial charge on any atom is -0.431 e. The summed E-state index contributed by atoms with van der Waals surface area (Å²) in [4.78, 5) is 23.5. The average Bonchev–Trinajstić information content (AvgIpc) is 2.72. The molecule has 0 bridgehead atoms. The molecule has 2 heterocycles. The summed E-state index contributed by atoms with van der Waals surface area (Å²) >= 11 is 5.65. The molecule has 0 atom stereocenters. The fraction of sp³-hybridized carbons (Fsp3) is 0. The van der Waals surface area contributed by atoms with E-state index in [0.29, 0.717) is 17.0 Å². The standard InChI is InChI=1S/C19H11BrIN5O3/c20-14-7-8-15(16-13(14)2-1-9-22-16)29-19-17(26(27)28)18(23-10-24-19)25-12-5-3-11(21)4-6-12/h1-10H,(H,23,24,25). The molecule has 8 nitrogen and oxygen atoms in total. The lowest BCUT2D eigenvalue weighted by atomic mass is 10.2. The van der Waals surface area contributed by atoms with Gasteiger partial charge < -0.3 is 10.1 Å². The maximum absolute atomic E-state index is 11.8. The Kier molecular flexibility index (Phi) is 5.53. The molecule has 0 aliphatic rings. The quantitative estimate of drug-likeness (QED) is 0.185. The lowest BCUT2D eigenvalue weighted by Gasteiger charge is -2.11. The molecule has 0 aliphatic heterocycles.